The zero-order valence-corrected chi connectivity index (χ0v) is 9.79. The van der Waals surface area contributed by atoms with Crippen LogP contribution in [0.1, 0.15) is 11.1 Å². The van der Waals surface area contributed by atoms with Gasteiger partial charge in [0.15, 0.2) is 0 Å². The Balaban J connectivity index is 2.57. The summed E-state index contributed by atoms with van der Waals surface area (Å²) in [5.41, 5.74) is 2.18. The summed E-state index contributed by atoms with van der Waals surface area (Å²) in [5.74, 6) is 0.0403. The number of rotatable bonds is 5. The molecule has 0 saturated heterocycles. The molecule has 0 spiro atoms. The van der Waals surface area contributed by atoms with Crippen LogP contribution in [0.3, 0.4) is 0 Å². The SMILES string of the molecule is CNCC=Cc1ccc(CC(=O)NC)cc1. The molecule has 0 fully saturated rings. The predicted molar refractivity (Wildman–Crippen MR) is 67.2 cm³/mol. The molecule has 16 heavy (non-hydrogen) atoms. The van der Waals surface area contributed by atoms with Crippen molar-refractivity contribution in [2.24, 2.45) is 0 Å². The summed E-state index contributed by atoms with van der Waals surface area (Å²) in [6, 6.07) is 8.00. The standard InChI is InChI=1S/C13H18N2O/c1-14-9-3-4-11-5-7-12(8-6-11)10-13(16)15-2/h3-8,14H,9-10H2,1-2H3,(H,15,16). The van der Waals surface area contributed by atoms with Gasteiger partial charge in [-0.2, -0.15) is 0 Å². The van der Waals surface area contributed by atoms with Gasteiger partial charge in [0.05, 0.1) is 6.42 Å². The van der Waals surface area contributed by atoms with E-state index in [1.165, 1.54) is 0 Å². The van der Waals surface area contributed by atoms with E-state index >= 15 is 0 Å². The number of amides is 1. The van der Waals surface area contributed by atoms with Gasteiger partial charge >= 0.3 is 0 Å². The van der Waals surface area contributed by atoms with Crippen LogP contribution in [0.2, 0.25) is 0 Å². The fourth-order valence-electron chi connectivity index (χ4n) is 1.33. The number of benzene rings is 1. The van der Waals surface area contributed by atoms with E-state index in [-0.39, 0.29) is 5.91 Å². The third kappa shape index (κ3) is 4.28. The number of hydrogen-bond acceptors (Lipinski definition) is 2. The second-order valence-corrected chi connectivity index (χ2v) is 3.55. The lowest BCUT2D eigenvalue weighted by molar-refractivity contribution is -0.119. The molecule has 3 nitrogen and oxygen atoms in total. The highest BCUT2D eigenvalue weighted by atomic mass is 16.1. The second kappa shape index (κ2) is 6.80. The van der Waals surface area contributed by atoms with Crippen molar-refractivity contribution < 1.29 is 4.79 Å². The zero-order chi connectivity index (χ0) is 11.8. The molecule has 86 valence electrons. The van der Waals surface area contributed by atoms with Crippen molar-refractivity contribution in [3.8, 4) is 0 Å². The van der Waals surface area contributed by atoms with Crippen molar-refractivity contribution >= 4 is 12.0 Å². The van der Waals surface area contributed by atoms with Crippen molar-refractivity contribution in [3.63, 3.8) is 0 Å². The van der Waals surface area contributed by atoms with Crippen molar-refractivity contribution in [2.75, 3.05) is 20.6 Å². The van der Waals surface area contributed by atoms with E-state index in [4.69, 9.17) is 0 Å². The Bertz CT molecular complexity index is 355. The van der Waals surface area contributed by atoms with E-state index < -0.39 is 0 Å². The number of carbonyl (C=O) groups excluding carboxylic acids is 1. The van der Waals surface area contributed by atoms with Gasteiger partial charge in [-0.15, -0.1) is 0 Å². The monoisotopic (exact) mass is 218 g/mol. The summed E-state index contributed by atoms with van der Waals surface area (Å²) in [4.78, 5) is 11.1. The molecule has 0 aromatic heterocycles. The highest BCUT2D eigenvalue weighted by Crippen LogP contribution is 2.06. The first-order chi connectivity index (χ1) is 7.76. The maximum atomic E-state index is 11.1. The molecule has 2 N–H and O–H groups in total. The van der Waals surface area contributed by atoms with Gasteiger partial charge in [-0.05, 0) is 18.2 Å². The quantitative estimate of drug-likeness (QED) is 0.780. The fourth-order valence-corrected chi connectivity index (χ4v) is 1.33. The van der Waals surface area contributed by atoms with Crippen LogP contribution in [-0.2, 0) is 11.2 Å². The maximum absolute atomic E-state index is 11.1. The van der Waals surface area contributed by atoms with Gasteiger partial charge in [0.2, 0.25) is 5.91 Å². The van der Waals surface area contributed by atoms with Gasteiger partial charge in [-0.3, -0.25) is 4.79 Å². The number of nitrogens with one attached hydrogen (secondary N) is 2. The molecule has 0 atom stereocenters. The topological polar surface area (TPSA) is 41.1 Å². The van der Waals surface area contributed by atoms with Gasteiger partial charge in [0, 0.05) is 13.6 Å². The minimum absolute atomic E-state index is 0.0403. The lowest BCUT2D eigenvalue weighted by Crippen LogP contribution is -2.19. The molecule has 3 heteroatoms. The summed E-state index contributed by atoms with van der Waals surface area (Å²) >= 11 is 0. The van der Waals surface area contributed by atoms with E-state index in [2.05, 4.69) is 22.8 Å². The molecule has 0 bridgehead atoms. The molecule has 0 radical (unpaired) electrons. The van der Waals surface area contributed by atoms with Crippen molar-refractivity contribution in [2.45, 2.75) is 6.42 Å². The second-order valence-electron chi connectivity index (χ2n) is 3.55. The van der Waals surface area contributed by atoms with Gasteiger partial charge < -0.3 is 10.6 Å². The van der Waals surface area contributed by atoms with Crippen LogP contribution in [0, 0.1) is 0 Å². The lowest BCUT2D eigenvalue weighted by atomic mass is 10.1. The normalized spacial score (nSPS) is 10.6. The van der Waals surface area contributed by atoms with Gasteiger partial charge in [0.25, 0.3) is 0 Å². The Hall–Kier alpha value is -1.61. The van der Waals surface area contributed by atoms with Crippen LogP contribution in [0.5, 0.6) is 0 Å². The first-order valence-electron chi connectivity index (χ1n) is 5.37. The molecular formula is C13H18N2O. The predicted octanol–water partition coefficient (Wildman–Crippen LogP) is 1.21. The largest absolute Gasteiger partial charge is 0.359 e. The van der Waals surface area contributed by atoms with E-state index in [1.54, 1.807) is 7.05 Å². The average molecular weight is 218 g/mol. The molecule has 1 rings (SSSR count). The average Bonchev–Trinajstić information content (AvgIpc) is 2.31. The highest BCUT2D eigenvalue weighted by Gasteiger charge is 1.99. The van der Waals surface area contributed by atoms with Crippen molar-refractivity contribution in [3.05, 3.63) is 41.5 Å². The van der Waals surface area contributed by atoms with E-state index in [0.29, 0.717) is 6.42 Å². The molecular weight excluding hydrogens is 200 g/mol. The zero-order valence-electron chi connectivity index (χ0n) is 9.79. The Morgan fingerprint density at radius 1 is 1.25 bits per heavy atom. The maximum Gasteiger partial charge on any atom is 0.224 e. The fraction of sp³-hybridized carbons (Fsp3) is 0.308. The van der Waals surface area contributed by atoms with Gasteiger partial charge in [-0.1, -0.05) is 36.4 Å². The Morgan fingerprint density at radius 3 is 2.50 bits per heavy atom. The minimum atomic E-state index is 0.0403. The van der Waals surface area contributed by atoms with Crippen LogP contribution in [0.15, 0.2) is 30.3 Å². The third-order valence-electron chi connectivity index (χ3n) is 2.26. The van der Waals surface area contributed by atoms with Gasteiger partial charge in [-0.25, -0.2) is 0 Å². The summed E-state index contributed by atoms with van der Waals surface area (Å²) in [6.45, 7) is 0.861. The Morgan fingerprint density at radius 2 is 1.94 bits per heavy atom. The summed E-state index contributed by atoms with van der Waals surface area (Å²) in [7, 11) is 3.56. The smallest absolute Gasteiger partial charge is 0.224 e. The summed E-state index contributed by atoms with van der Waals surface area (Å²) in [6.07, 6.45) is 4.56. The summed E-state index contributed by atoms with van der Waals surface area (Å²) in [5, 5.41) is 5.65. The first kappa shape index (κ1) is 12.5. The summed E-state index contributed by atoms with van der Waals surface area (Å²) < 4.78 is 0. The Labute approximate surface area is 96.6 Å². The lowest BCUT2D eigenvalue weighted by Gasteiger charge is -2.01. The minimum Gasteiger partial charge on any atom is -0.359 e. The van der Waals surface area contributed by atoms with E-state index in [9.17, 15) is 4.79 Å². The van der Waals surface area contributed by atoms with Crippen molar-refractivity contribution in [1.82, 2.24) is 10.6 Å². The third-order valence-corrected chi connectivity index (χ3v) is 2.26. The van der Waals surface area contributed by atoms with Crippen LogP contribution >= 0.6 is 0 Å². The van der Waals surface area contributed by atoms with Gasteiger partial charge in [0.1, 0.15) is 0 Å². The Kier molecular flexibility index (Phi) is 5.29. The van der Waals surface area contributed by atoms with Crippen LogP contribution < -0.4 is 10.6 Å². The molecule has 0 aliphatic rings. The van der Waals surface area contributed by atoms with E-state index in [1.807, 2.05) is 31.3 Å². The number of carbonyl (C=O) groups is 1. The molecule has 1 aromatic rings. The molecule has 1 aromatic carbocycles. The van der Waals surface area contributed by atoms with E-state index in [0.717, 1.165) is 17.7 Å². The first-order valence-corrected chi connectivity index (χ1v) is 5.37. The molecule has 0 unspecified atom stereocenters. The molecule has 1 amide bonds. The van der Waals surface area contributed by atoms with Crippen LogP contribution in [-0.4, -0.2) is 26.5 Å². The van der Waals surface area contributed by atoms with Crippen LogP contribution in [0.25, 0.3) is 6.08 Å². The molecule has 0 aliphatic carbocycles. The van der Waals surface area contributed by atoms with Crippen LogP contribution in [0.4, 0.5) is 0 Å². The number of hydrogen-bond donors (Lipinski definition) is 2. The van der Waals surface area contributed by atoms with Crippen molar-refractivity contribution in [1.29, 1.82) is 0 Å². The highest BCUT2D eigenvalue weighted by molar-refractivity contribution is 5.78. The molecule has 0 heterocycles. The molecule has 0 saturated carbocycles. The number of likely N-dealkylation sites (N-methyl/N-ethyl adjacent to an activating group) is 2. The molecule has 0 aliphatic heterocycles.